The lowest BCUT2D eigenvalue weighted by atomic mass is 9.86. The second-order valence-corrected chi connectivity index (χ2v) is 13.5. The Kier molecular flexibility index (Phi) is 6.81. The minimum atomic E-state index is 0.150. The van der Waals surface area contributed by atoms with E-state index in [4.69, 9.17) is 9.97 Å². The number of aromatic nitrogens is 4. The molecule has 4 heteroatoms. The molecule has 0 aliphatic heterocycles. The normalized spacial score (nSPS) is 15.8. The van der Waals surface area contributed by atoms with Gasteiger partial charge in [0.05, 0.1) is 33.5 Å². The number of fused-ring (bicyclic) bond motifs is 6. The van der Waals surface area contributed by atoms with Crippen molar-refractivity contribution in [2.45, 2.75) is 12.8 Å². The van der Waals surface area contributed by atoms with Crippen LogP contribution in [0.4, 0.5) is 0 Å². The molecule has 6 aromatic carbocycles. The van der Waals surface area contributed by atoms with Gasteiger partial charge in [-0.15, -0.1) is 0 Å². The van der Waals surface area contributed by atoms with Crippen LogP contribution in [-0.4, -0.2) is 19.1 Å². The number of allylic oxidation sites excluding steroid dienone is 4. The maximum Gasteiger partial charge on any atom is 0.160 e. The Bertz CT molecular complexity index is 2600. The van der Waals surface area contributed by atoms with Crippen molar-refractivity contribution in [1.29, 1.82) is 0 Å². The fraction of sp³-hybridized carbons (Fsp3) is 0.0638. The quantitative estimate of drug-likeness (QED) is 0.185. The fourth-order valence-electron chi connectivity index (χ4n) is 7.99. The van der Waals surface area contributed by atoms with Gasteiger partial charge in [-0.3, -0.25) is 0 Å². The van der Waals surface area contributed by atoms with Crippen LogP contribution in [0.3, 0.4) is 0 Å². The summed E-state index contributed by atoms with van der Waals surface area (Å²) in [5.41, 5.74) is 10.8. The smallest absolute Gasteiger partial charge is 0.160 e. The molecular weight excluding hydrogens is 621 g/mol. The van der Waals surface area contributed by atoms with Gasteiger partial charge in [0.1, 0.15) is 0 Å². The Hall–Kier alpha value is -6.52. The van der Waals surface area contributed by atoms with Gasteiger partial charge in [-0.1, -0.05) is 134 Å². The molecule has 9 aromatic rings. The van der Waals surface area contributed by atoms with E-state index < -0.39 is 0 Å². The Balaban J connectivity index is 1.30. The number of rotatable bonds is 5. The topological polar surface area (TPSA) is 35.6 Å². The Morgan fingerprint density at radius 3 is 1.43 bits per heavy atom. The van der Waals surface area contributed by atoms with Crippen molar-refractivity contribution in [1.82, 2.24) is 19.1 Å². The molecule has 0 spiro atoms. The van der Waals surface area contributed by atoms with Crippen molar-refractivity contribution in [2.24, 2.45) is 5.92 Å². The van der Waals surface area contributed by atoms with Crippen molar-refractivity contribution < 1.29 is 0 Å². The highest BCUT2D eigenvalue weighted by atomic mass is 15.0. The van der Waals surface area contributed by atoms with Gasteiger partial charge in [0.15, 0.2) is 5.82 Å². The van der Waals surface area contributed by atoms with Crippen molar-refractivity contribution in [3.05, 3.63) is 182 Å². The third-order valence-corrected chi connectivity index (χ3v) is 10.4. The summed E-state index contributed by atoms with van der Waals surface area (Å²) in [7, 11) is 0. The van der Waals surface area contributed by atoms with Gasteiger partial charge in [0, 0.05) is 50.0 Å². The number of benzene rings is 6. The molecule has 1 aliphatic rings. The van der Waals surface area contributed by atoms with Crippen molar-refractivity contribution in [2.75, 3.05) is 0 Å². The standard InChI is InChI=1S/C47H34N4/c1-31-15-5-6-18-36(31)42-30-41(48-47(49-42)32-16-3-2-4-17-32)33-27-34(50-43-23-11-7-19-37(43)38-20-8-12-24-44(38)50)29-35(28-33)51-45-25-13-9-21-39(45)40-22-10-14-26-46(40)51/h2-31,36H,1H3. The molecule has 0 saturated heterocycles. The molecule has 3 heterocycles. The summed E-state index contributed by atoms with van der Waals surface area (Å²) in [6, 6.07) is 54.3. The van der Waals surface area contributed by atoms with Crippen LogP contribution >= 0.6 is 0 Å². The van der Waals surface area contributed by atoms with Crippen molar-refractivity contribution >= 4 is 43.6 Å². The first-order valence-corrected chi connectivity index (χ1v) is 17.6. The first-order chi connectivity index (χ1) is 25.2. The molecule has 242 valence electrons. The van der Waals surface area contributed by atoms with Crippen molar-refractivity contribution in [3.8, 4) is 34.0 Å². The average Bonchev–Trinajstić information content (AvgIpc) is 3.71. The van der Waals surface area contributed by atoms with Crippen LogP contribution in [0.1, 0.15) is 18.5 Å². The summed E-state index contributed by atoms with van der Waals surface area (Å²) in [4.78, 5) is 10.5. The van der Waals surface area contributed by atoms with Crippen molar-refractivity contribution in [3.63, 3.8) is 0 Å². The number of hydrogen-bond acceptors (Lipinski definition) is 2. The number of hydrogen-bond donors (Lipinski definition) is 0. The predicted molar refractivity (Wildman–Crippen MR) is 212 cm³/mol. The zero-order chi connectivity index (χ0) is 33.9. The molecule has 1 aliphatic carbocycles. The summed E-state index contributed by atoms with van der Waals surface area (Å²) < 4.78 is 4.81. The summed E-state index contributed by atoms with van der Waals surface area (Å²) in [5.74, 6) is 1.20. The second kappa shape index (κ2) is 11.8. The first-order valence-electron chi connectivity index (χ1n) is 17.6. The lowest BCUT2D eigenvalue weighted by molar-refractivity contribution is 0.619. The highest BCUT2D eigenvalue weighted by Gasteiger charge is 2.22. The van der Waals surface area contributed by atoms with E-state index in [9.17, 15) is 0 Å². The van der Waals surface area contributed by atoms with Gasteiger partial charge in [-0.2, -0.15) is 0 Å². The zero-order valence-electron chi connectivity index (χ0n) is 28.2. The fourth-order valence-corrected chi connectivity index (χ4v) is 7.99. The van der Waals surface area contributed by atoms with Gasteiger partial charge in [0.25, 0.3) is 0 Å². The molecule has 10 rings (SSSR count). The molecule has 4 nitrogen and oxygen atoms in total. The van der Waals surface area contributed by atoms with Crippen LogP contribution in [0.25, 0.3) is 77.6 Å². The van der Waals surface area contributed by atoms with E-state index in [0.29, 0.717) is 5.92 Å². The van der Waals surface area contributed by atoms with Crippen LogP contribution in [0.2, 0.25) is 0 Å². The Labute approximate surface area is 296 Å². The van der Waals surface area contributed by atoms with E-state index in [1.54, 1.807) is 0 Å². The van der Waals surface area contributed by atoms with Crippen LogP contribution in [-0.2, 0) is 0 Å². The highest BCUT2D eigenvalue weighted by Crippen LogP contribution is 2.39. The van der Waals surface area contributed by atoms with Gasteiger partial charge in [0.2, 0.25) is 0 Å². The lowest BCUT2D eigenvalue weighted by Crippen LogP contribution is -2.11. The van der Waals surface area contributed by atoms with Crippen LogP contribution in [0.15, 0.2) is 176 Å². The van der Waals surface area contributed by atoms with E-state index >= 15 is 0 Å². The highest BCUT2D eigenvalue weighted by molar-refractivity contribution is 6.10. The zero-order valence-corrected chi connectivity index (χ0v) is 28.2. The van der Waals surface area contributed by atoms with Gasteiger partial charge in [-0.25, -0.2) is 9.97 Å². The largest absolute Gasteiger partial charge is 0.309 e. The molecule has 0 amide bonds. The summed E-state index contributed by atoms with van der Waals surface area (Å²) in [6.07, 6.45) is 8.80. The van der Waals surface area contributed by atoms with Gasteiger partial charge >= 0.3 is 0 Å². The molecule has 0 fully saturated rings. The molecule has 0 bridgehead atoms. The van der Waals surface area contributed by atoms with E-state index in [2.05, 4.69) is 186 Å². The number of nitrogens with zero attached hydrogens (tertiary/aromatic N) is 4. The number of para-hydroxylation sites is 4. The third kappa shape index (κ3) is 4.83. The molecule has 2 atom stereocenters. The van der Waals surface area contributed by atoms with Crippen LogP contribution in [0, 0.1) is 5.92 Å². The minimum absolute atomic E-state index is 0.150. The van der Waals surface area contributed by atoms with Gasteiger partial charge in [-0.05, 0) is 54.4 Å². The van der Waals surface area contributed by atoms with Crippen LogP contribution in [0.5, 0.6) is 0 Å². The molecule has 3 aromatic heterocycles. The molecule has 51 heavy (non-hydrogen) atoms. The summed E-state index contributed by atoms with van der Waals surface area (Å²) >= 11 is 0. The summed E-state index contributed by atoms with van der Waals surface area (Å²) in [5, 5.41) is 4.94. The maximum absolute atomic E-state index is 5.32. The predicted octanol–water partition coefficient (Wildman–Crippen LogP) is 11.9. The van der Waals surface area contributed by atoms with Gasteiger partial charge < -0.3 is 9.13 Å². The van der Waals surface area contributed by atoms with E-state index in [1.165, 1.54) is 43.6 Å². The SMILES string of the molecule is CC1C=CC=CC1c1cc(-c2cc(-n3c4ccccc4c4ccccc43)cc(-n3c4ccccc4c4ccccc43)c2)nc(-c2ccccc2)n1. The van der Waals surface area contributed by atoms with E-state index in [-0.39, 0.29) is 5.92 Å². The lowest BCUT2D eigenvalue weighted by Gasteiger charge is -2.21. The maximum atomic E-state index is 5.32. The molecule has 0 N–H and O–H groups in total. The second-order valence-electron chi connectivity index (χ2n) is 13.5. The molecule has 0 saturated carbocycles. The van der Waals surface area contributed by atoms with E-state index in [1.807, 2.05) is 6.07 Å². The average molecular weight is 655 g/mol. The Morgan fingerprint density at radius 1 is 0.451 bits per heavy atom. The molecule has 2 unspecified atom stereocenters. The van der Waals surface area contributed by atoms with E-state index in [0.717, 1.165) is 39.7 Å². The van der Waals surface area contributed by atoms with Crippen LogP contribution < -0.4 is 0 Å². The molecular formula is C47H34N4. The first kappa shape index (κ1) is 29.4. The third-order valence-electron chi connectivity index (χ3n) is 10.4. The Morgan fingerprint density at radius 2 is 0.922 bits per heavy atom. The molecule has 0 radical (unpaired) electrons. The summed E-state index contributed by atoms with van der Waals surface area (Å²) in [6.45, 7) is 2.26. The minimum Gasteiger partial charge on any atom is -0.309 e. The monoisotopic (exact) mass is 654 g/mol.